The summed E-state index contributed by atoms with van der Waals surface area (Å²) in [4.78, 5) is 22.1. The molecule has 0 atom stereocenters. The van der Waals surface area contributed by atoms with Crippen LogP contribution in [0.25, 0.3) is 16.9 Å². The first kappa shape index (κ1) is 22.0. The van der Waals surface area contributed by atoms with Crippen LogP contribution in [-0.4, -0.2) is 58.9 Å². The lowest BCUT2D eigenvalue weighted by atomic mass is 10.1. The van der Waals surface area contributed by atoms with Crippen LogP contribution in [0.5, 0.6) is 5.75 Å². The van der Waals surface area contributed by atoms with E-state index >= 15 is 0 Å². The maximum Gasteiger partial charge on any atom is 0.257 e. The van der Waals surface area contributed by atoms with Crippen LogP contribution in [0.2, 0.25) is 5.02 Å². The highest BCUT2D eigenvalue weighted by molar-refractivity contribution is 6.30. The number of anilines is 1. The van der Waals surface area contributed by atoms with Crippen molar-refractivity contribution in [2.24, 2.45) is 0 Å². The van der Waals surface area contributed by atoms with Gasteiger partial charge in [0.2, 0.25) is 0 Å². The molecule has 0 radical (unpaired) electrons. The molecule has 0 aliphatic carbocycles. The Balaban J connectivity index is 1.45. The van der Waals surface area contributed by atoms with Crippen molar-refractivity contribution in [1.82, 2.24) is 19.7 Å². The number of rotatable bonds is 5. The molecule has 0 saturated carbocycles. The van der Waals surface area contributed by atoms with E-state index in [0.29, 0.717) is 48.2 Å². The first-order valence-corrected chi connectivity index (χ1v) is 11.5. The lowest BCUT2D eigenvalue weighted by Gasteiger charge is -2.35. The van der Waals surface area contributed by atoms with Gasteiger partial charge >= 0.3 is 0 Å². The molecule has 1 fully saturated rings. The molecule has 34 heavy (non-hydrogen) atoms. The molecule has 1 aliphatic heterocycles. The molecule has 2 aromatic carbocycles. The van der Waals surface area contributed by atoms with Crippen LogP contribution in [0.3, 0.4) is 0 Å². The van der Waals surface area contributed by atoms with Crippen LogP contribution in [0.15, 0.2) is 79.1 Å². The lowest BCUT2D eigenvalue weighted by Crippen LogP contribution is -2.49. The van der Waals surface area contributed by atoms with Crippen molar-refractivity contribution in [2.45, 2.75) is 0 Å². The zero-order valence-electron chi connectivity index (χ0n) is 18.8. The van der Waals surface area contributed by atoms with Gasteiger partial charge in [-0.25, -0.2) is 9.67 Å². The first-order valence-electron chi connectivity index (χ1n) is 11.1. The van der Waals surface area contributed by atoms with Gasteiger partial charge in [-0.05, 0) is 36.4 Å². The van der Waals surface area contributed by atoms with Gasteiger partial charge in [0.05, 0.1) is 23.4 Å². The van der Waals surface area contributed by atoms with Crippen molar-refractivity contribution < 1.29 is 9.53 Å². The van der Waals surface area contributed by atoms with Crippen molar-refractivity contribution >= 4 is 23.3 Å². The number of nitrogens with zero attached hydrogens (tertiary/aromatic N) is 5. The number of aromatic nitrogens is 3. The van der Waals surface area contributed by atoms with Crippen LogP contribution in [-0.2, 0) is 0 Å². The number of hydrogen-bond donors (Lipinski definition) is 0. The minimum absolute atomic E-state index is 0.0493. The average molecular weight is 474 g/mol. The van der Waals surface area contributed by atoms with Crippen LogP contribution in [0.1, 0.15) is 10.4 Å². The number of para-hydroxylation sites is 2. The standard InChI is InChI=1S/C26H24ClN5O2/c1-34-23-10-6-5-9-21(23)25-22(18-32(29-25)20-7-3-2-4-8-20)26(33)31-15-13-30(14-16-31)24-12-11-19(27)17-28-24/h2-12,17-18H,13-16H2,1H3. The third-order valence-electron chi connectivity index (χ3n) is 5.93. The third-order valence-corrected chi connectivity index (χ3v) is 6.15. The Labute approximate surface area is 203 Å². The lowest BCUT2D eigenvalue weighted by molar-refractivity contribution is 0.0747. The van der Waals surface area contributed by atoms with Gasteiger partial charge in [0, 0.05) is 44.1 Å². The molecule has 4 aromatic rings. The van der Waals surface area contributed by atoms with E-state index in [1.54, 1.807) is 18.0 Å². The number of amides is 1. The quantitative estimate of drug-likeness (QED) is 0.425. The minimum atomic E-state index is -0.0493. The Morgan fingerprint density at radius 2 is 1.68 bits per heavy atom. The summed E-state index contributed by atoms with van der Waals surface area (Å²) in [7, 11) is 1.62. The van der Waals surface area contributed by atoms with Gasteiger partial charge in [-0.3, -0.25) is 4.79 Å². The van der Waals surface area contributed by atoms with Crippen LogP contribution in [0, 0.1) is 0 Å². The molecule has 1 saturated heterocycles. The van der Waals surface area contributed by atoms with E-state index in [1.807, 2.05) is 77.8 Å². The molecular weight excluding hydrogens is 450 g/mol. The number of benzene rings is 2. The van der Waals surface area contributed by atoms with Crippen LogP contribution in [0.4, 0.5) is 5.82 Å². The van der Waals surface area contributed by atoms with E-state index in [0.717, 1.165) is 17.1 Å². The topological polar surface area (TPSA) is 63.5 Å². The number of hydrogen-bond acceptors (Lipinski definition) is 5. The minimum Gasteiger partial charge on any atom is -0.496 e. The van der Waals surface area contributed by atoms with Gasteiger partial charge in [0.1, 0.15) is 17.3 Å². The molecule has 0 bridgehead atoms. The first-order chi connectivity index (χ1) is 16.6. The van der Waals surface area contributed by atoms with E-state index in [9.17, 15) is 4.79 Å². The number of pyridine rings is 1. The van der Waals surface area contributed by atoms with Crippen LogP contribution >= 0.6 is 11.6 Å². The maximum atomic E-state index is 13.7. The van der Waals surface area contributed by atoms with Crippen molar-refractivity contribution in [3.8, 4) is 22.7 Å². The van der Waals surface area contributed by atoms with Gasteiger partial charge < -0.3 is 14.5 Å². The second-order valence-corrected chi connectivity index (χ2v) is 8.42. The molecule has 0 N–H and O–H groups in total. The Morgan fingerprint density at radius 3 is 2.38 bits per heavy atom. The van der Waals surface area contributed by atoms with Gasteiger partial charge in [0.15, 0.2) is 0 Å². The van der Waals surface area contributed by atoms with Crippen LogP contribution < -0.4 is 9.64 Å². The van der Waals surface area contributed by atoms with Crippen molar-refractivity contribution in [3.05, 3.63) is 89.7 Å². The molecule has 5 rings (SSSR count). The summed E-state index contributed by atoms with van der Waals surface area (Å²) >= 11 is 5.97. The number of piperazine rings is 1. The molecule has 0 spiro atoms. The van der Waals surface area contributed by atoms with Gasteiger partial charge in [-0.1, -0.05) is 41.9 Å². The summed E-state index contributed by atoms with van der Waals surface area (Å²) in [6.07, 6.45) is 3.46. The fourth-order valence-electron chi connectivity index (χ4n) is 4.15. The van der Waals surface area contributed by atoms with Gasteiger partial charge in [-0.2, -0.15) is 5.10 Å². The summed E-state index contributed by atoms with van der Waals surface area (Å²) in [6.45, 7) is 2.56. The average Bonchev–Trinajstić information content (AvgIpc) is 3.35. The molecule has 0 unspecified atom stereocenters. The van der Waals surface area contributed by atoms with E-state index in [1.165, 1.54) is 0 Å². The predicted molar refractivity (Wildman–Crippen MR) is 133 cm³/mol. The highest BCUT2D eigenvalue weighted by atomic mass is 35.5. The molecular formula is C26H24ClN5O2. The smallest absolute Gasteiger partial charge is 0.257 e. The summed E-state index contributed by atoms with van der Waals surface area (Å²) in [5.74, 6) is 1.49. The zero-order valence-corrected chi connectivity index (χ0v) is 19.5. The fraction of sp³-hybridized carbons (Fsp3) is 0.192. The number of methoxy groups -OCH3 is 1. The van der Waals surface area contributed by atoms with E-state index in [2.05, 4.69) is 9.88 Å². The van der Waals surface area contributed by atoms with Crippen molar-refractivity contribution in [1.29, 1.82) is 0 Å². The summed E-state index contributed by atoms with van der Waals surface area (Å²) in [5.41, 5.74) is 2.82. The van der Waals surface area contributed by atoms with E-state index < -0.39 is 0 Å². The molecule has 2 aromatic heterocycles. The van der Waals surface area contributed by atoms with Gasteiger partial charge in [0.25, 0.3) is 5.91 Å². The highest BCUT2D eigenvalue weighted by Gasteiger charge is 2.28. The SMILES string of the molecule is COc1ccccc1-c1nn(-c2ccccc2)cc1C(=O)N1CCN(c2ccc(Cl)cn2)CC1. The Morgan fingerprint density at radius 1 is 0.941 bits per heavy atom. The second-order valence-electron chi connectivity index (χ2n) is 7.99. The molecule has 172 valence electrons. The Hall–Kier alpha value is -3.84. The number of ether oxygens (including phenoxy) is 1. The summed E-state index contributed by atoms with van der Waals surface area (Å²) in [5, 5.41) is 5.41. The normalized spacial score (nSPS) is 13.7. The number of carbonyl (C=O) groups is 1. The number of carbonyl (C=O) groups excluding carboxylic acids is 1. The molecule has 1 aliphatic rings. The van der Waals surface area contributed by atoms with E-state index in [4.69, 9.17) is 21.4 Å². The zero-order chi connectivity index (χ0) is 23.5. The summed E-state index contributed by atoms with van der Waals surface area (Å²) in [6, 6.07) is 21.2. The molecule has 1 amide bonds. The van der Waals surface area contributed by atoms with E-state index in [-0.39, 0.29) is 5.91 Å². The van der Waals surface area contributed by atoms with Crippen molar-refractivity contribution in [3.63, 3.8) is 0 Å². The fourth-order valence-corrected chi connectivity index (χ4v) is 4.26. The molecule has 8 heteroatoms. The second kappa shape index (κ2) is 9.57. The molecule has 7 nitrogen and oxygen atoms in total. The number of halogens is 1. The van der Waals surface area contributed by atoms with Crippen molar-refractivity contribution in [2.75, 3.05) is 38.2 Å². The monoisotopic (exact) mass is 473 g/mol. The maximum absolute atomic E-state index is 13.7. The predicted octanol–water partition coefficient (Wildman–Crippen LogP) is 4.56. The highest BCUT2D eigenvalue weighted by Crippen LogP contribution is 2.32. The molecule has 3 heterocycles. The summed E-state index contributed by atoms with van der Waals surface area (Å²) < 4.78 is 7.32. The van der Waals surface area contributed by atoms with Gasteiger partial charge in [-0.15, -0.1) is 0 Å². The largest absolute Gasteiger partial charge is 0.496 e. The Kier molecular flexibility index (Phi) is 6.18. The Bertz CT molecular complexity index is 1280. The third kappa shape index (κ3) is 4.34.